The first kappa shape index (κ1) is 12.5. The van der Waals surface area contributed by atoms with Crippen molar-refractivity contribution in [3.8, 4) is 11.8 Å². The number of hydrogen-bond acceptors (Lipinski definition) is 4. The Bertz CT molecular complexity index is 451. The molecular formula is C11H10BrNO3. The highest BCUT2D eigenvalue weighted by atomic mass is 79.9. The number of nitrogens with zero attached hydrogens (tertiary/aromatic N) is 1. The second-order valence-electron chi connectivity index (χ2n) is 2.95. The Balaban J connectivity index is 3.37. The Morgan fingerprint density at radius 3 is 2.81 bits per heavy atom. The van der Waals surface area contributed by atoms with Crippen LogP contribution in [0.1, 0.15) is 28.4 Å². The first-order valence-corrected chi connectivity index (χ1v) is 5.75. The molecule has 1 aromatic carbocycles. The van der Waals surface area contributed by atoms with Gasteiger partial charge in [-0.05, 0) is 19.1 Å². The number of alkyl halides is 1. The van der Waals surface area contributed by atoms with E-state index in [9.17, 15) is 9.90 Å². The molecule has 1 aromatic rings. The lowest BCUT2D eigenvalue weighted by Gasteiger charge is -2.09. The van der Waals surface area contributed by atoms with Crippen molar-refractivity contribution < 1.29 is 14.6 Å². The van der Waals surface area contributed by atoms with E-state index in [0.717, 1.165) is 0 Å². The van der Waals surface area contributed by atoms with Crippen molar-refractivity contribution in [1.82, 2.24) is 0 Å². The number of phenols is 1. The number of aromatic hydroxyl groups is 1. The van der Waals surface area contributed by atoms with E-state index in [2.05, 4.69) is 15.9 Å². The van der Waals surface area contributed by atoms with Crippen molar-refractivity contribution in [3.63, 3.8) is 0 Å². The predicted molar refractivity (Wildman–Crippen MR) is 61.4 cm³/mol. The van der Waals surface area contributed by atoms with Crippen LogP contribution in [-0.2, 0) is 10.1 Å². The van der Waals surface area contributed by atoms with E-state index in [1.165, 1.54) is 12.1 Å². The number of nitriles is 1. The zero-order valence-electron chi connectivity index (χ0n) is 8.66. The van der Waals surface area contributed by atoms with Crippen LogP contribution in [0.15, 0.2) is 12.1 Å². The van der Waals surface area contributed by atoms with Crippen LogP contribution in [0.5, 0.6) is 5.75 Å². The van der Waals surface area contributed by atoms with Crippen molar-refractivity contribution in [2.75, 3.05) is 6.61 Å². The molecule has 5 heteroatoms. The number of carbonyl (C=O) groups is 1. The average Bonchev–Trinajstić information content (AvgIpc) is 2.28. The summed E-state index contributed by atoms with van der Waals surface area (Å²) in [5, 5.41) is 18.8. The summed E-state index contributed by atoms with van der Waals surface area (Å²) in [5.41, 5.74) is 0.699. The number of carbonyl (C=O) groups excluding carboxylic acids is 1. The highest BCUT2D eigenvalue weighted by Gasteiger charge is 2.19. The summed E-state index contributed by atoms with van der Waals surface area (Å²) in [6.07, 6.45) is 0. The van der Waals surface area contributed by atoms with E-state index >= 15 is 0 Å². The zero-order valence-corrected chi connectivity index (χ0v) is 10.2. The van der Waals surface area contributed by atoms with Gasteiger partial charge in [0.15, 0.2) is 0 Å². The average molecular weight is 284 g/mol. The Morgan fingerprint density at radius 2 is 2.31 bits per heavy atom. The van der Waals surface area contributed by atoms with Crippen LogP contribution < -0.4 is 0 Å². The Morgan fingerprint density at radius 1 is 1.62 bits per heavy atom. The molecule has 0 fully saturated rings. The predicted octanol–water partition coefficient (Wildman–Crippen LogP) is 2.34. The van der Waals surface area contributed by atoms with E-state index in [1.54, 1.807) is 6.92 Å². The molecule has 0 atom stereocenters. The quantitative estimate of drug-likeness (QED) is 0.683. The number of hydrogen-bond donors (Lipinski definition) is 1. The number of phenolic OH excluding ortho intramolecular Hbond substituents is 1. The van der Waals surface area contributed by atoms with Gasteiger partial charge in [0.1, 0.15) is 11.8 Å². The van der Waals surface area contributed by atoms with Crippen molar-refractivity contribution in [2.24, 2.45) is 0 Å². The lowest BCUT2D eigenvalue weighted by Crippen LogP contribution is -2.10. The highest BCUT2D eigenvalue weighted by molar-refractivity contribution is 9.08. The fourth-order valence-corrected chi connectivity index (χ4v) is 1.87. The lowest BCUT2D eigenvalue weighted by molar-refractivity contribution is 0.0524. The minimum Gasteiger partial charge on any atom is -0.508 e. The van der Waals surface area contributed by atoms with Crippen molar-refractivity contribution in [1.29, 1.82) is 5.26 Å². The van der Waals surface area contributed by atoms with Gasteiger partial charge in [0.25, 0.3) is 0 Å². The summed E-state index contributed by atoms with van der Waals surface area (Å²) >= 11 is 3.16. The summed E-state index contributed by atoms with van der Waals surface area (Å²) in [6, 6.07) is 4.69. The first-order valence-electron chi connectivity index (χ1n) is 4.63. The van der Waals surface area contributed by atoms with Crippen LogP contribution in [0.25, 0.3) is 0 Å². The lowest BCUT2D eigenvalue weighted by atomic mass is 10.0. The smallest absolute Gasteiger partial charge is 0.339 e. The van der Waals surface area contributed by atoms with Crippen LogP contribution in [0.3, 0.4) is 0 Å². The van der Waals surface area contributed by atoms with Gasteiger partial charge >= 0.3 is 5.97 Å². The van der Waals surface area contributed by atoms with Gasteiger partial charge in [-0.25, -0.2) is 4.79 Å². The molecule has 0 heterocycles. The maximum Gasteiger partial charge on any atom is 0.339 e. The van der Waals surface area contributed by atoms with Gasteiger partial charge in [-0.1, -0.05) is 15.9 Å². The largest absolute Gasteiger partial charge is 0.508 e. The Hall–Kier alpha value is -1.54. The Labute approximate surface area is 102 Å². The van der Waals surface area contributed by atoms with E-state index in [-0.39, 0.29) is 28.8 Å². The number of esters is 1. The number of halogens is 1. The van der Waals surface area contributed by atoms with Gasteiger partial charge in [-0.2, -0.15) is 5.26 Å². The van der Waals surface area contributed by atoms with Crippen molar-refractivity contribution in [2.45, 2.75) is 12.3 Å². The fraction of sp³-hybridized carbons (Fsp3) is 0.273. The first-order chi connectivity index (χ1) is 7.65. The molecule has 0 saturated carbocycles. The SMILES string of the molecule is CCOC(=O)c1c(C#N)ccc(O)c1CBr. The normalized spacial score (nSPS) is 9.56. The fourth-order valence-electron chi connectivity index (χ4n) is 1.30. The monoisotopic (exact) mass is 283 g/mol. The molecule has 0 aliphatic rings. The molecule has 0 unspecified atom stereocenters. The second kappa shape index (κ2) is 5.52. The number of rotatable bonds is 3. The molecule has 16 heavy (non-hydrogen) atoms. The molecule has 1 N–H and O–H groups in total. The molecule has 4 nitrogen and oxygen atoms in total. The summed E-state index contributed by atoms with van der Waals surface area (Å²) in [7, 11) is 0. The molecular weight excluding hydrogens is 274 g/mol. The second-order valence-corrected chi connectivity index (χ2v) is 3.51. The Kier molecular flexibility index (Phi) is 4.32. The van der Waals surface area contributed by atoms with Crippen LogP contribution in [0.4, 0.5) is 0 Å². The van der Waals surface area contributed by atoms with Gasteiger partial charge < -0.3 is 9.84 Å². The molecule has 0 saturated heterocycles. The molecule has 0 radical (unpaired) electrons. The van der Waals surface area contributed by atoms with Gasteiger partial charge in [0.2, 0.25) is 0 Å². The molecule has 0 spiro atoms. The van der Waals surface area contributed by atoms with E-state index < -0.39 is 5.97 Å². The third kappa shape index (κ3) is 2.34. The molecule has 1 rings (SSSR count). The van der Waals surface area contributed by atoms with Crippen molar-refractivity contribution in [3.05, 3.63) is 28.8 Å². The van der Waals surface area contributed by atoms with Gasteiger partial charge in [-0.3, -0.25) is 0 Å². The molecule has 0 amide bonds. The number of benzene rings is 1. The standard InChI is InChI=1S/C11H10BrNO3/c1-2-16-11(15)10-7(6-13)3-4-9(14)8(10)5-12/h3-4,14H,2,5H2,1H3. The maximum absolute atomic E-state index is 11.7. The molecule has 0 bridgehead atoms. The van der Waals surface area contributed by atoms with E-state index in [4.69, 9.17) is 10.00 Å². The topological polar surface area (TPSA) is 70.3 Å². The highest BCUT2D eigenvalue weighted by Crippen LogP contribution is 2.27. The summed E-state index contributed by atoms with van der Waals surface area (Å²) in [5.74, 6) is -0.622. The number of ether oxygens (including phenoxy) is 1. The van der Waals surface area contributed by atoms with Crippen molar-refractivity contribution >= 4 is 21.9 Å². The third-order valence-corrected chi connectivity index (χ3v) is 2.58. The minimum absolute atomic E-state index is 0.0288. The van der Waals surface area contributed by atoms with E-state index in [1.807, 2.05) is 6.07 Å². The summed E-state index contributed by atoms with van der Waals surface area (Å²) in [6.45, 7) is 1.90. The van der Waals surface area contributed by atoms with Crippen LogP contribution in [-0.4, -0.2) is 17.7 Å². The van der Waals surface area contributed by atoms with Crippen LogP contribution >= 0.6 is 15.9 Å². The molecule has 0 aliphatic heterocycles. The van der Waals surface area contributed by atoms with Crippen LogP contribution in [0, 0.1) is 11.3 Å². The van der Waals surface area contributed by atoms with Gasteiger partial charge in [0, 0.05) is 10.9 Å². The minimum atomic E-state index is -0.593. The van der Waals surface area contributed by atoms with E-state index in [0.29, 0.717) is 5.56 Å². The maximum atomic E-state index is 11.7. The van der Waals surface area contributed by atoms with Crippen LogP contribution in [0.2, 0.25) is 0 Å². The summed E-state index contributed by atoms with van der Waals surface area (Å²) < 4.78 is 4.85. The zero-order chi connectivity index (χ0) is 12.1. The van der Waals surface area contributed by atoms with Gasteiger partial charge in [-0.15, -0.1) is 0 Å². The third-order valence-electron chi connectivity index (χ3n) is 2.02. The molecule has 0 aliphatic carbocycles. The van der Waals surface area contributed by atoms with Gasteiger partial charge in [0.05, 0.1) is 17.7 Å². The molecule has 0 aromatic heterocycles. The summed E-state index contributed by atoms with van der Waals surface area (Å²) in [4.78, 5) is 11.7. The molecule has 84 valence electrons.